The molecule has 148 valence electrons. The van der Waals surface area contributed by atoms with E-state index in [0.717, 1.165) is 16.7 Å². The predicted molar refractivity (Wildman–Crippen MR) is 131 cm³/mol. The van der Waals surface area contributed by atoms with Crippen molar-refractivity contribution in [3.63, 3.8) is 0 Å². The summed E-state index contributed by atoms with van der Waals surface area (Å²) in [4.78, 5) is 5.07. The van der Waals surface area contributed by atoms with Crippen molar-refractivity contribution < 1.29 is 0 Å². The van der Waals surface area contributed by atoms with Gasteiger partial charge in [0.15, 0.2) is 0 Å². The van der Waals surface area contributed by atoms with Gasteiger partial charge in [-0.3, -0.25) is 4.40 Å². The molecule has 6 rings (SSSR count). The second-order valence-corrected chi connectivity index (χ2v) is 8.27. The van der Waals surface area contributed by atoms with Crippen LogP contribution in [0, 0.1) is 13.8 Å². The predicted octanol–water partition coefficient (Wildman–Crippen LogP) is 7.59. The summed E-state index contributed by atoms with van der Waals surface area (Å²) in [5.74, 6) is 0. The van der Waals surface area contributed by atoms with Crippen LogP contribution in [0.5, 0.6) is 0 Å². The number of rotatable bonds is 2. The highest BCUT2D eigenvalue weighted by molar-refractivity contribution is 6.20. The van der Waals surface area contributed by atoms with E-state index in [2.05, 4.69) is 115 Å². The topological polar surface area (TPSA) is 17.3 Å². The van der Waals surface area contributed by atoms with E-state index in [9.17, 15) is 0 Å². The Kier molecular flexibility index (Phi) is 3.94. The zero-order valence-electron chi connectivity index (χ0n) is 17.6. The molecule has 0 fully saturated rings. The van der Waals surface area contributed by atoms with E-state index in [0.29, 0.717) is 0 Å². The fourth-order valence-electron chi connectivity index (χ4n) is 4.77. The third-order valence-electron chi connectivity index (χ3n) is 6.08. The summed E-state index contributed by atoms with van der Waals surface area (Å²) >= 11 is 0. The zero-order valence-corrected chi connectivity index (χ0v) is 17.6. The van der Waals surface area contributed by atoms with Gasteiger partial charge in [0, 0.05) is 17.1 Å². The van der Waals surface area contributed by atoms with Gasteiger partial charge in [-0.15, -0.1) is 0 Å². The number of nitrogens with zero attached hydrogens (tertiary/aromatic N) is 2. The summed E-state index contributed by atoms with van der Waals surface area (Å²) in [6.45, 7) is 4.31. The molecule has 0 aliphatic heterocycles. The molecule has 2 heterocycles. The van der Waals surface area contributed by atoms with E-state index in [4.69, 9.17) is 4.98 Å². The first-order valence-electron chi connectivity index (χ1n) is 10.7. The maximum absolute atomic E-state index is 5.07. The fourth-order valence-corrected chi connectivity index (χ4v) is 4.77. The normalized spacial score (nSPS) is 11.5. The van der Waals surface area contributed by atoms with Crippen LogP contribution in [-0.2, 0) is 0 Å². The van der Waals surface area contributed by atoms with Crippen molar-refractivity contribution in [3.8, 4) is 22.3 Å². The molecule has 0 bridgehead atoms. The minimum atomic E-state index is 0.970. The van der Waals surface area contributed by atoms with Crippen LogP contribution < -0.4 is 0 Å². The molecule has 0 spiro atoms. The second kappa shape index (κ2) is 6.82. The van der Waals surface area contributed by atoms with Gasteiger partial charge in [0.1, 0.15) is 5.65 Å². The van der Waals surface area contributed by atoms with Crippen LogP contribution in [0.4, 0.5) is 0 Å². The van der Waals surface area contributed by atoms with E-state index in [1.807, 2.05) is 0 Å². The van der Waals surface area contributed by atoms with Gasteiger partial charge in [0.05, 0.1) is 11.0 Å². The van der Waals surface area contributed by atoms with Crippen LogP contribution in [0.3, 0.4) is 0 Å². The molecule has 6 aromatic rings. The summed E-state index contributed by atoms with van der Waals surface area (Å²) in [6, 6.07) is 32.5. The first-order chi connectivity index (χ1) is 15.2. The molecule has 0 aliphatic rings. The van der Waals surface area contributed by atoms with Crippen LogP contribution in [0.2, 0.25) is 0 Å². The van der Waals surface area contributed by atoms with Crippen LogP contribution in [0.25, 0.3) is 49.7 Å². The third-order valence-corrected chi connectivity index (χ3v) is 6.08. The smallest absolute Gasteiger partial charge is 0.137 e. The fraction of sp³-hybridized carbons (Fsp3) is 0.0690. The highest BCUT2D eigenvalue weighted by Gasteiger charge is 2.21. The van der Waals surface area contributed by atoms with Gasteiger partial charge in [-0.05, 0) is 48.1 Å². The summed E-state index contributed by atoms with van der Waals surface area (Å²) in [6.07, 6.45) is 2.12. The minimum Gasteiger partial charge on any atom is -0.299 e. The molecule has 2 heteroatoms. The van der Waals surface area contributed by atoms with Crippen LogP contribution in [0.15, 0.2) is 97.2 Å². The van der Waals surface area contributed by atoms with Crippen LogP contribution >= 0.6 is 0 Å². The largest absolute Gasteiger partial charge is 0.299 e. The molecule has 0 amide bonds. The minimum absolute atomic E-state index is 0.970. The van der Waals surface area contributed by atoms with E-state index >= 15 is 0 Å². The molecule has 0 atom stereocenters. The Balaban J connectivity index is 1.93. The van der Waals surface area contributed by atoms with Gasteiger partial charge in [0.2, 0.25) is 0 Å². The highest BCUT2D eigenvalue weighted by atomic mass is 15.0. The summed E-state index contributed by atoms with van der Waals surface area (Å²) in [7, 11) is 0. The number of pyridine rings is 1. The number of aromatic nitrogens is 2. The first kappa shape index (κ1) is 17.9. The number of fused-ring (bicyclic) bond motifs is 5. The van der Waals surface area contributed by atoms with E-state index in [1.54, 1.807) is 0 Å². The monoisotopic (exact) mass is 398 g/mol. The lowest BCUT2D eigenvalue weighted by Gasteiger charge is -2.17. The maximum atomic E-state index is 5.07. The lowest BCUT2D eigenvalue weighted by atomic mass is 9.87. The van der Waals surface area contributed by atoms with Crippen LogP contribution in [0.1, 0.15) is 11.1 Å². The Hall–Kier alpha value is -3.91. The molecule has 0 N–H and O–H groups in total. The summed E-state index contributed by atoms with van der Waals surface area (Å²) in [5.41, 5.74) is 10.7. The van der Waals surface area contributed by atoms with Gasteiger partial charge in [-0.1, -0.05) is 90.0 Å². The van der Waals surface area contributed by atoms with Crippen molar-refractivity contribution in [1.82, 2.24) is 9.38 Å². The molecule has 0 unspecified atom stereocenters. The number of imidazole rings is 1. The number of hydrogen-bond donors (Lipinski definition) is 0. The summed E-state index contributed by atoms with van der Waals surface area (Å²) < 4.78 is 2.23. The van der Waals surface area contributed by atoms with Crippen molar-refractivity contribution in [2.45, 2.75) is 13.8 Å². The van der Waals surface area contributed by atoms with E-state index in [-0.39, 0.29) is 0 Å². The molecule has 2 nitrogen and oxygen atoms in total. The second-order valence-electron chi connectivity index (χ2n) is 8.27. The SMILES string of the molecule is Cc1cccc(-c2c(-c3cccc(C)c3)c3c(nc4ccccn43)c3ccccc23)c1. The Morgan fingerprint density at radius 2 is 1.26 bits per heavy atom. The molecule has 31 heavy (non-hydrogen) atoms. The number of hydrogen-bond acceptors (Lipinski definition) is 1. The van der Waals surface area contributed by atoms with Gasteiger partial charge >= 0.3 is 0 Å². The Bertz CT molecular complexity index is 1600. The number of benzene rings is 4. The molecule has 0 radical (unpaired) electrons. The van der Waals surface area contributed by atoms with Crippen molar-refractivity contribution in [3.05, 3.63) is 108 Å². The lowest BCUT2D eigenvalue weighted by Crippen LogP contribution is -1.94. The average molecular weight is 399 g/mol. The third kappa shape index (κ3) is 2.76. The van der Waals surface area contributed by atoms with Crippen molar-refractivity contribution in [2.75, 3.05) is 0 Å². The Labute approximate surface area is 181 Å². The lowest BCUT2D eigenvalue weighted by molar-refractivity contribution is 1.23. The van der Waals surface area contributed by atoms with Gasteiger partial charge in [0.25, 0.3) is 0 Å². The molecule has 0 saturated heterocycles. The molecule has 4 aromatic carbocycles. The van der Waals surface area contributed by atoms with Crippen molar-refractivity contribution >= 4 is 27.5 Å². The summed E-state index contributed by atoms with van der Waals surface area (Å²) in [5, 5.41) is 2.43. The van der Waals surface area contributed by atoms with E-state index in [1.165, 1.54) is 44.2 Å². The van der Waals surface area contributed by atoms with Gasteiger partial charge in [-0.25, -0.2) is 4.98 Å². The van der Waals surface area contributed by atoms with Crippen molar-refractivity contribution in [1.29, 1.82) is 0 Å². The maximum Gasteiger partial charge on any atom is 0.137 e. The molecule has 0 saturated carbocycles. The zero-order chi connectivity index (χ0) is 20.9. The van der Waals surface area contributed by atoms with Gasteiger partial charge < -0.3 is 0 Å². The quantitative estimate of drug-likeness (QED) is 0.294. The van der Waals surface area contributed by atoms with E-state index < -0.39 is 0 Å². The standard InChI is InChI=1S/C29H22N2/c1-19-9-7-11-21(17-19)26-23-13-3-4-14-24(23)28-29(31-16-6-5-15-25(31)30-28)27(26)22-12-8-10-20(2)18-22/h3-18H,1-2H3. The average Bonchev–Trinajstić information content (AvgIpc) is 3.18. The molecular weight excluding hydrogens is 376 g/mol. The van der Waals surface area contributed by atoms with Crippen LogP contribution in [-0.4, -0.2) is 9.38 Å². The first-order valence-corrected chi connectivity index (χ1v) is 10.7. The molecule has 0 aliphatic carbocycles. The van der Waals surface area contributed by atoms with Gasteiger partial charge in [-0.2, -0.15) is 0 Å². The Morgan fingerprint density at radius 1 is 0.613 bits per heavy atom. The molecular formula is C29H22N2. The van der Waals surface area contributed by atoms with Crippen molar-refractivity contribution in [2.24, 2.45) is 0 Å². The number of aryl methyl sites for hydroxylation is 2. The highest BCUT2D eigenvalue weighted by Crippen LogP contribution is 2.44. The Morgan fingerprint density at radius 3 is 1.97 bits per heavy atom. The molecule has 2 aromatic heterocycles.